The summed E-state index contributed by atoms with van der Waals surface area (Å²) in [6.07, 6.45) is 1.83. The SMILES string of the molecule is C=CCN(C)c1nc(-c2ccccc2O)nc2ccccc12.CCOc1ccc2nc(-c3ccccc3O)nc(N(C)C)c2c1.CN(C)c1nc(-c2ccccc2O)nc2ccc(N3CCOCC3)cc12.COCCNc1ccccc1-c1nc(N(C)C)c2cc(Cl)ccc2n1.COc1ccc2nc(-c3ccccc3O)nc(N(C)C)c2c1. The topological polar surface area (TPSA) is 278 Å². The van der Waals surface area contributed by atoms with Crippen molar-refractivity contribution in [3.63, 3.8) is 0 Å². The number of benzene rings is 10. The summed E-state index contributed by atoms with van der Waals surface area (Å²) < 4.78 is 21.4. The van der Waals surface area contributed by atoms with E-state index in [1.807, 2.05) is 253 Å². The molecule has 0 spiro atoms. The van der Waals surface area contributed by atoms with E-state index in [1.54, 1.807) is 68.8 Å². The lowest BCUT2D eigenvalue weighted by molar-refractivity contribution is 0.122. The Bertz CT molecular complexity index is 6010. The first-order valence-electron chi connectivity index (χ1n) is 38.3. The van der Waals surface area contributed by atoms with Crippen molar-refractivity contribution in [3.8, 4) is 91.4 Å². The first-order chi connectivity index (χ1) is 57.1. The van der Waals surface area contributed by atoms with Gasteiger partial charge in [0.2, 0.25) is 0 Å². The number of anilines is 7. The third-order valence-corrected chi connectivity index (χ3v) is 19.2. The molecular weight excluding hydrogens is 1510 g/mol. The molecule has 0 unspecified atom stereocenters. The first-order valence-corrected chi connectivity index (χ1v) is 38.7. The minimum absolute atomic E-state index is 0.167. The number of methoxy groups -OCH3 is 2. The summed E-state index contributed by atoms with van der Waals surface area (Å²) in [6, 6.07) is 67.7. The zero-order valence-electron chi connectivity index (χ0n) is 68.2. The maximum absolute atomic E-state index is 10.2. The van der Waals surface area contributed by atoms with Gasteiger partial charge in [0.25, 0.3) is 0 Å². The lowest BCUT2D eigenvalue weighted by Crippen LogP contribution is -2.36. The highest BCUT2D eigenvalue weighted by atomic mass is 35.5. The van der Waals surface area contributed by atoms with Crippen LogP contribution < -0.4 is 44.2 Å². The number of likely N-dealkylation sites (N-methyl/N-ethyl adjacent to an activating group) is 1. The number of hydrogen-bond donors (Lipinski definition) is 5. The van der Waals surface area contributed by atoms with Gasteiger partial charge in [-0.05, 0) is 153 Å². The Morgan fingerprint density at radius 1 is 0.424 bits per heavy atom. The van der Waals surface area contributed by atoms with Crippen molar-refractivity contribution < 1.29 is 39.4 Å². The fourth-order valence-corrected chi connectivity index (χ4v) is 13.3. The van der Waals surface area contributed by atoms with Crippen molar-refractivity contribution in [2.75, 3.05) is 165 Å². The van der Waals surface area contributed by atoms with Crippen molar-refractivity contribution in [2.24, 2.45) is 0 Å². The molecule has 0 amide bonds. The molecule has 0 radical (unpaired) electrons. The van der Waals surface area contributed by atoms with Gasteiger partial charge in [-0.25, -0.2) is 49.8 Å². The van der Waals surface area contributed by atoms with Crippen LogP contribution in [0.1, 0.15) is 6.92 Å². The second-order valence-corrected chi connectivity index (χ2v) is 28.5. The number of hydrogen-bond acceptors (Lipinski definition) is 25. The number of para-hydroxylation sites is 6. The van der Waals surface area contributed by atoms with Gasteiger partial charge in [-0.2, -0.15) is 0 Å². The molecule has 10 aromatic carbocycles. The van der Waals surface area contributed by atoms with Gasteiger partial charge in [-0.15, -0.1) is 6.58 Å². The number of aromatic hydroxyl groups is 4. The molecule has 0 saturated carbocycles. The lowest BCUT2D eigenvalue weighted by atomic mass is 10.1. The molecule has 5 aromatic heterocycles. The molecule has 1 fully saturated rings. The van der Waals surface area contributed by atoms with Gasteiger partial charge >= 0.3 is 0 Å². The summed E-state index contributed by atoms with van der Waals surface area (Å²) in [5, 5.41) is 49.1. The molecule has 118 heavy (non-hydrogen) atoms. The smallest absolute Gasteiger partial charge is 0.165 e. The van der Waals surface area contributed by atoms with Crippen LogP contribution in [0.3, 0.4) is 0 Å². The van der Waals surface area contributed by atoms with E-state index >= 15 is 0 Å². The molecule has 26 heteroatoms. The van der Waals surface area contributed by atoms with Crippen LogP contribution in [0.25, 0.3) is 111 Å². The molecule has 25 nitrogen and oxygen atoms in total. The van der Waals surface area contributed by atoms with Gasteiger partial charge in [-0.3, -0.25) is 0 Å². The predicted octanol–water partition coefficient (Wildman–Crippen LogP) is 17.1. The number of rotatable bonds is 20. The van der Waals surface area contributed by atoms with E-state index in [4.69, 9.17) is 50.5 Å². The molecule has 15 aromatic rings. The van der Waals surface area contributed by atoms with Crippen LogP contribution in [0.4, 0.5) is 40.5 Å². The zero-order chi connectivity index (χ0) is 83.5. The summed E-state index contributed by atoms with van der Waals surface area (Å²) in [6.45, 7) is 11.7. The maximum atomic E-state index is 10.2. The number of phenols is 4. The Labute approximate surface area is 691 Å². The van der Waals surface area contributed by atoms with Crippen molar-refractivity contribution >= 4 is 107 Å². The molecule has 1 aliphatic rings. The quantitative estimate of drug-likeness (QED) is 0.0350. The van der Waals surface area contributed by atoms with Crippen LogP contribution in [0.2, 0.25) is 5.02 Å². The fraction of sp³-hybridized carbons (Fsp3) is 0.217. The van der Waals surface area contributed by atoms with Crippen molar-refractivity contribution in [1.29, 1.82) is 0 Å². The number of ether oxygens (including phenoxy) is 4. The van der Waals surface area contributed by atoms with Gasteiger partial charge in [0.1, 0.15) is 63.6 Å². The normalized spacial score (nSPS) is 11.6. The summed E-state index contributed by atoms with van der Waals surface area (Å²) >= 11 is 6.15. The molecule has 5 N–H and O–H groups in total. The van der Waals surface area contributed by atoms with Gasteiger partial charge in [0, 0.05) is 146 Å². The minimum Gasteiger partial charge on any atom is -0.507 e. The Morgan fingerprint density at radius 2 is 0.797 bits per heavy atom. The Kier molecular flexibility index (Phi) is 27.7. The molecule has 0 aliphatic carbocycles. The lowest BCUT2D eigenvalue weighted by Gasteiger charge is -2.29. The van der Waals surface area contributed by atoms with E-state index < -0.39 is 0 Å². The first kappa shape index (κ1) is 83.7. The standard InChI is InChI=1S/C20H22N4O2.C19H21ClN4O.C18H19N3O2.C18H17N3O.C17H17N3O2/c1-23(2)20-16-13-14(24-9-11-26-12-10-24)7-8-17(16)21-19(22-20)15-5-3-4-6-18(15)25;1-24(2)19-15-12-13(20)8-9-17(15)22-18(23-19)14-6-4-5-7-16(14)21-10-11-25-3;1-4-23-12-9-10-15-14(11-12)18(21(2)3)20-17(19-15)13-7-5-6-8-16(13)22;1-3-12-21(2)18-13-8-4-6-10-15(13)19-17(20-18)14-9-5-7-11-16(14)22;1-20(2)17-13-10-11(22-3)8-9-14(13)18-16(19-17)12-6-4-5-7-15(12)21/h3-8,13,25H,9-12H2,1-2H3;4-9,12,21H,10-11H2,1-3H3;5-11,22H,4H2,1-3H3;3-11,22H,1,12H2,2H3;4-10,21H,1-3H3. The van der Waals surface area contributed by atoms with Crippen LogP contribution in [0.15, 0.2) is 231 Å². The van der Waals surface area contributed by atoms with Crippen molar-refractivity contribution in [1.82, 2.24) is 49.8 Å². The van der Waals surface area contributed by atoms with E-state index in [0.29, 0.717) is 76.2 Å². The number of nitrogens with one attached hydrogen (secondary N) is 1. The van der Waals surface area contributed by atoms with Crippen LogP contribution in [-0.2, 0) is 9.47 Å². The fourth-order valence-electron chi connectivity index (χ4n) is 13.1. The Balaban J connectivity index is 0.000000136. The molecular formula is C92H96ClN17O8. The van der Waals surface area contributed by atoms with E-state index in [2.05, 4.69) is 58.8 Å². The van der Waals surface area contributed by atoms with Crippen LogP contribution >= 0.6 is 11.6 Å². The average Bonchev–Trinajstić information content (AvgIpc) is 0.757. The summed E-state index contributed by atoms with van der Waals surface area (Å²) in [5.74, 6) is 9.04. The largest absolute Gasteiger partial charge is 0.507 e. The van der Waals surface area contributed by atoms with E-state index in [-0.39, 0.29) is 23.0 Å². The molecule has 604 valence electrons. The number of phenolic OH excluding ortho intramolecular Hbond substituents is 4. The molecule has 1 saturated heterocycles. The number of nitrogens with zero attached hydrogens (tertiary/aromatic N) is 16. The van der Waals surface area contributed by atoms with Crippen molar-refractivity contribution in [3.05, 3.63) is 236 Å². The minimum atomic E-state index is 0.167. The molecule has 16 rings (SSSR count). The molecule has 6 heterocycles. The summed E-state index contributed by atoms with van der Waals surface area (Å²) in [7, 11) is 20.9. The number of fused-ring (bicyclic) bond motifs is 5. The number of morpholine rings is 1. The van der Waals surface area contributed by atoms with Gasteiger partial charge in [-0.1, -0.05) is 90.5 Å². The van der Waals surface area contributed by atoms with E-state index in [9.17, 15) is 20.4 Å². The van der Waals surface area contributed by atoms with Gasteiger partial charge in [0.15, 0.2) is 29.1 Å². The second-order valence-electron chi connectivity index (χ2n) is 28.1. The van der Waals surface area contributed by atoms with Gasteiger partial charge < -0.3 is 74.1 Å². The average molecular weight is 1600 g/mol. The van der Waals surface area contributed by atoms with Crippen LogP contribution in [0.5, 0.6) is 34.5 Å². The van der Waals surface area contributed by atoms with E-state index in [0.717, 1.165) is 145 Å². The van der Waals surface area contributed by atoms with Crippen molar-refractivity contribution in [2.45, 2.75) is 6.92 Å². The highest BCUT2D eigenvalue weighted by Crippen LogP contribution is 2.39. The third kappa shape index (κ3) is 19.9. The molecule has 0 bridgehead atoms. The van der Waals surface area contributed by atoms with Crippen LogP contribution in [0, 0.1) is 0 Å². The highest BCUT2D eigenvalue weighted by Gasteiger charge is 2.22. The maximum Gasteiger partial charge on any atom is 0.165 e. The number of halogens is 1. The second kappa shape index (κ2) is 39.1. The summed E-state index contributed by atoms with van der Waals surface area (Å²) in [4.78, 5) is 58.8. The monoisotopic (exact) mass is 1600 g/mol. The Morgan fingerprint density at radius 3 is 1.24 bits per heavy atom. The number of aromatic nitrogens is 10. The molecule has 1 aliphatic heterocycles. The molecule has 0 atom stereocenters. The highest BCUT2D eigenvalue weighted by molar-refractivity contribution is 6.31. The van der Waals surface area contributed by atoms with Gasteiger partial charge in [0.05, 0.1) is 83.4 Å². The summed E-state index contributed by atoms with van der Waals surface area (Å²) in [5.41, 5.74) is 9.78. The Hall–Kier alpha value is -13.8. The predicted molar refractivity (Wildman–Crippen MR) is 478 cm³/mol. The van der Waals surface area contributed by atoms with E-state index in [1.165, 1.54) is 0 Å². The van der Waals surface area contributed by atoms with Crippen LogP contribution in [-0.4, -0.2) is 201 Å². The zero-order valence-corrected chi connectivity index (χ0v) is 68.9. The third-order valence-electron chi connectivity index (χ3n) is 18.9.